The predicted octanol–water partition coefficient (Wildman–Crippen LogP) is 8.15. The average molecular weight is 649 g/mol. The number of ether oxygens (including phenoxy) is 5. The molecule has 0 fully saturated rings. The molecule has 6 nitrogen and oxygen atoms in total. The molecule has 0 aliphatic heterocycles. The first-order chi connectivity index (χ1) is 21.9. The normalized spacial score (nSPS) is 12.7. The van der Waals surface area contributed by atoms with Crippen molar-refractivity contribution in [2.45, 2.75) is 37.1 Å². The topological polar surface area (TPSA) is 63.2 Å². The molecule has 0 heterocycles. The molecular weight excluding hydrogens is 618 g/mol. The van der Waals surface area contributed by atoms with Crippen molar-refractivity contribution in [1.82, 2.24) is 0 Å². The molecule has 4 aromatic carbocycles. The standard InChI is InChI=1S/C34H30F6O6/c1-42-27-15-13-24(14-16-27)21-45-32(33(35,36)37,34(38,39)40)26-9-6-10-29(20-26)44-22-30(25-7-4-3-5-8-25)46-28-17-11-23(12-18-28)19-31(41)43-2/h3-18,20,30H,19,21-22H2,1-2H3. The highest BCUT2D eigenvalue weighted by molar-refractivity contribution is 5.72. The minimum Gasteiger partial charge on any atom is -0.497 e. The van der Waals surface area contributed by atoms with Crippen LogP contribution in [0.5, 0.6) is 17.2 Å². The maximum atomic E-state index is 14.5. The summed E-state index contributed by atoms with van der Waals surface area (Å²) in [6.45, 7) is -1.26. The van der Waals surface area contributed by atoms with E-state index in [9.17, 15) is 31.1 Å². The van der Waals surface area contributed by atoms with Crippen LogP contribution in [-0.2, 0) is 32.9 Å². The summed E-state index contributed by atoms with van der Waals surface area (Å²) in [7, 11) is 2.65. The molecule has 0 spiro atoms. The molecule has 0 bridgehead atoms. The lowest BCUT2D eigenvalue weighted by molar-refractivity contribution is -0.392. The molecule has 0 amide bonds. The second-order valence-corrected chi connectivity index (χ2v) is 10.1. The molecule has 1 atom stereocenters. The first-order valence-electron chi connectivity index (χ1n) is 13.9. The van der Waals surface area contributed by atoms with E-state index in [-0.39, 0.29) is 24.3 Å². The SMILES string of the molecule is COC(=O)Cc1ccc(OC(COc2cccc(C(OCc3ccc(OC)cc3)(C(F)(F)F)C(F)(F)F)c2)c2ccccc2)cc1. The van der Waals surface area contributed by atoms with Gasteiger partial charge in [0.1, 0.15) is 23.9 Å². The lowest BCUT2D eigenvalue weighted by Gasteiger charge is -2.37. The Morgan fingerprint density at radius 2 is 1.30 bits per heavy atom. The number of hydrogen-bond acceptors (Lipinski definition) is 6. The number of halogens is 6. The van der Waals surface area contributed by atoms with Gasteiger partial charge in [0, 0.05) is 5.56 Å². The Kier molecular flexibility index (Phi) is 10.8. The fourth-order valence-corrected chi connectivity index (χ4v) is 4.58. The molecule has 1 unspecified atom stereocenters. The van der Waals surface area contributed by atoms with Crippen molar-refractivity contribution in [2.75, 3.05) is 20.8 Å². The summed E-state index contributed by atoms with van der Waals surface area (Å²) in [4.78, 5) is 11.6. The van der Waals surface area contributed by atoms with Crippen LogP contribution in [-0.4, -0.2) is 39.1 Å². The lowest BCUT2D eigenvalue weighted by Crippen LogP contribution is -2.55. The third-order valence-electron chi connectivity index (χ3n) is 7.00. The first-order valence-corrected chi connectivity index (χ1v) is 13.9. The van der Waals surface area contributed by atoms with Gasteiger partial charge in [0.25, 0.3) is 5.60 Å². The molecule has 244 valence electrons. The van der Waals surface area contributed by atoms with Crippen molar-refractivity contribution >= 4 is 5.97 Å². The van der Waals surface area contributed by atoms with Crippen LogP contribution in [0.25, 0.3) is 0 Å². The Bertz CT molecular complexity index is 1540. The van der Waals surface area contributed by atoms with Gasteiger partial charge in [-0.3, -0.25) is 4.79 Å². The van der Waals surface area contributed by atoms with E-state index in [1.807, 2.05) is 0 Å². The number of rotatable bonds is 13. The molecule has 46 heavy (non-hydrogen) atoms. The Balaban J connectivity index is 1.59. The van der Waals surface area contributed by atoms with E-state index in [0.29, 0.717) is 34.8 Å². The molecule has 12 heteroatoms. The van der Waals surface area contributed by atoms with Gasteiger partial charge in [-0.1, -0.05) is 66.7 Å². The zero-order valence-corrected chi connectivity index (χ0v) is 24.7. The maximum absolute atomic E-state index is 14.5. The van der Waals surface area contributed by atoms with E-state index in [1.54, 1.807) is 54.6 Å². The summed E-state index contributed by atoms with van der Waals surface area (Å²) in [5, 5.41) is 0. The number of alkyl halides is 6. The van der Waals surface area contributed by atoms with Crippen molar-refractivity contribution in [3.05, 3.63) is 125 Å². The Labute approximate surface area is 261 Å². The summed E-state index contributed by atoms with van der Waals surface area (Å²) >= 11 is 0. The number of benzene rings is 4. The largest absolute Gasteiger partial charge is 0.497 e. The van der Waals surface area contributed by atoms with Gasteiger partial charge in [0.15, 0.2) is 6.10 Å². The lowest BCUT2D eigenvalue weighted by atomic mass is 9.91. The Morgan fingerprint density at radius 1 is 0.696 bits per heavy atom. The van der Waals surface area contributed by atoms with Gasteiger partial charge in [0.2, 0.25) is 0 Å². The second-order valence-electron chi connectivity index (χ2n) is 10.1. The number of esters is 1. The predicted molar refractivity (Wildman–Crippen MR) is 155 cm³/mol. The van der Waals surface area contributed by atoms with Gasteiger partial charge in [-0.25, -0.2) is 0 Å². The van der Waals surface area contributed by atoms with Crippen molar-refractivity contribution in [3.8, 4) is 17.2 Å². The van der Waals surface area contributed by atoms with Crippen LogP contribution in [0.15, 0.2) is 103 Å². The highest BCUT2D eigenvalue weighted by atomic mass is 19.4. The van der Waals surface area contributed by atoms with E-state index < -0.39 is 42.2 Å². The van der Waals surface area contributed by atoms with Gasteiger partial charge in [-0.15, -0.1) is 0 Å². The molecule has 4 aromatic rings. The van der Waals surface area contributed by atoms with Crippen LogP contribution in [0.3, 0.4) is 0 Å². The van der Waals surface area contributed by atoms with Gasteiger partial charge in [0.05, 0.1) is 27.2 Å². The molecule has 0 radical (unpaired) electrons. The molecule has 0 saturated heterocycles. The summed E-state index contributed by atoms with van der Waals surface area (Å²) in [6, 6.07) is 24.4. The number of hydrogen-bond donors (Lipinski definition) is 0. The minimum absolute atomic E-state index is 0.0551. The fraction of sp³-hybridized carbons (Fsp3) is 0.265. The highest BCUT2D eigenvalue weighted by Gasteiger charge is 2.73. The van der Waals surface area contributed by atoms with Gasteiger partial charge >= 0.3 is 18.3 Å². The summed E-state index contributed by atoms with van der Waals surface area (Å²) in [5.74, 6) is 0.0822. The van der Waals surface area contributed by atoms with E-state index in [1.165, 1.54) is 44.6 Å². The summed E-state index contributed by atoms with van der Waals surface area (Å²) in [6.07, 6.45) is -12.5. The van der Waals surface area contributed by atoms with E-state index in [2.05, 4.69) is 4.74 Å². The quantitative estimate of drug-likeness (QED) is 0.108. The van der Waals surface area contributed by atoms with Crippen LogP contribution < -0.4 is 14.2 Å². The van der Waals surface area contributed by atoms with Crippen molar-refractivity contribution in [2.24, 2.45) is 0 Å². The van der Waals surface area contributed by atoms with Crippen LogP contribution in [0.1, 0.15) is 28.4 Å². The maximum Gasteiger partial charge on any atom is 0.430 e. The smallest absolute Gasteiger partial charge is 0.430 e. The third-order valence-corrected chi connectivity index (χ3v) is 7.00. The van der Waals surface area contributed by atoms with Crippen LogP contribution >= 0.6 is 0 Å². The molecule has 0 saturated carbocycles. The monoisotopic (exact) mass is 648 g/mol. The van der Waals surface area contributed by atoms with Gasteiger partial charge < -0.3 is 23.7 Å². The molecule has 0 aromatic heterocycles. The second kappa shape index (κ2) is 14.6. The molecule has 0 aliphatic carbocycles. The van der Waals surface area contributed by atoms with E-state index in [0.717, 1.165) is 6.07 Å². The zero-order valence-electron chi connectivity index (χ0n) is 24.7. The summed E-state index contributed by atoms with van der Waals surface area (Å²) in [5.41, 5.74) is -4.46. The highest BCUT2D eigenvalue weighted by Crippen LogP contribution is 2.53. The van der Waals surface area contributed by atoms with Crippen molar-refractivity contribution in [1.29, 1.82) is 0 Å². The number of carbonyl (C=O) groups is 1. The van der Waals surface area contributed by atoms with Crippen molar-refractivity contribution in [3.63, 3.8) is 0 Å². The van der Waals surface area contributed by atoms with Crippen LogP contribution in [0, 0.1) is 0 Å². The van der Waals surface area contributed by atoms with Gasteiger partial charge in [-0.05, 0) is 53.1 Å². The molecule has 4 rings (SSSR count). The van der Waals surface area contributed by atoms with E-state index >= 15 is 0 Å². The van der Waals surface area contributed by atoms with Crippen molar-refractivity contribution < 1.29 is 54.8 Å². The Morgan fingerprint density at radius 3 is 1.89 bits per heavy atom. The first kappa shape index (κ1) is 34.2. The van der Waals surface area contributed by atoms with Crippen LogP contribution in [0.2, 0.25) is 0 Å². The Hall–Kier alpha value is -4.71. The third kappa shape index (κ3) is 8.11. The summed E-state index contributed by atoms with van der Waals surface area (Å²) < 4.78 is 113. The average Bonchev–Trinajstić information content (AvgIpc) is 3.03. The molecule has 0 N–H and O–H groups in total. The number of methoxy groups -OCH3 is 2. The van der Waals surface area contributed by atoms with Gasteiger partial charge in [-0.2, -0.15) is 26.3 Å². The fourth-order valence-electron chi connectivity index (χ4n) is 4.58. The molecule has 0 aliphatic rings. The van der Waals surface area contributed by atoms with Crippen LogP contribution in [0.4, 0.5) is 26.3 Å². The minimum atomic E-state index is -5.88. The number of carbonyl (C=O) groups excluding carboxylic acids is 1. The zero-order chi connectivity index (χ0) is 33.4. The van der Waals surface area contributed by atoms with E-state index in [4.69, 9.17) is 18.9 Å². The molecular formula is C34H30F6O6.